The second kappa shape index (κ2) is 9.11. The summed E-state index contributed by atoms with van der Waals surface area (Å²) in [6.45, 7) is 3.77. The number of hydrogen-bond donors (Lipinski definition) is 1. The Morgan fingerprint density at radius 1 is 1.30 bits per heavy atom. The number of piperidine rings is 1. The lowest BCUT2D eigenvalue weighted by molar-refractivity contribution is 0.0932. The van der Waals surface area contributed by atoms with Crippen molar-refractivity contribution in [3.8, 4) is 11.1 Å². The summed E-state index contributed by atoms with van der Waals surface area (Å²) in [4.78, 5) is 21.7. The van der Waals surface area contributed by atoms with Gasteiger partial charge < -0.3 is 15.1 Å². The number of hydrogen-bond acceptors (Lipinski definition) is 4. The highest BCUT2D eigenvalue weighted by molar-refractivity contribution is 5.98. The Labute approximate surface area is 162 Å². The van der Waals surface area contributed by atoms with E-state index in [1.54, 1.807) is 6.20 Å². The minimum Gasteiger partial charge on any atom is -0.350 e. The van der Waals surface area contributed by atoms with Crippen molar-refractivity contribution in [3.05, 3.63) is 53.9 Å². The van der Waals surface area contributed by atoms with E-state index in [0.717, 1.165) is 30.8 Å². The fraction of sp³-hybridized carbons (Fsp3) is 0.455. The van der Waals surface area contributed by atoms with Gasteiger partial charge in [-0.25, -0.2) is 0 Å². The van der Waals surface area contributed by atoms with Gasteiger partial charge in [0.25, 0.3) is 5.91 Å². The topological polar surface area (TPSA) is 48.5 Å². The summed E-state index contributed by atoms with van der Waals surface area (Å²) in [5, 5.41) is 3.11. The maximum absolute atomic E-state index is 12.8. The molecule has 0 aliphatic carbocycles. The van der Waals surface area contributed by atoms with E-state index >= 15 is 0 Å². The van der Waals surface area contributed by atoms with Crippen LogP contribution in [0.15, 0.2) is 42.6 Å². The summed E-state index contributed by atoms with van der Waals surface area (Å²) in [6, 6.07) is 12.2. The van der Waals surface area contributed by atoms with Crippen LogP contribution in [0.2, 0.25) is 0 Å². The number of likely N-dealkylation sites (tertiary alicyclic amines) is 1. The van der Waals surface area contributed by atoms with Crippen LogP contribution >= 0.6 is 0 Å². The van der Waals surface area contributed by atoms with E-state index in [9.17, 15) is 4.79 Å². The lowest BCUT2D eigenvalue weighted by Crippen LogP contribution is -2.39. The monoisotopic (exact) mass is 366 g/mol. The Morgan fingerprint density at radius 2 is 2.15 bits per heavy atom. The molecule has 1 unspecified atom stereocenters. The summed E-state index contributed by atoms with van der Waals surface area (Å²) >= 11 is 0. The second-order valence-corrected chi connectivity index (χ2v) is 7.82. The van der Waals surface area contributed by atoms with Gasteiger partial charge >= 0.3 is 0 Å². The molecule has 2 aromatic rings. The molecule has 1 aliphatic heterocycles. The fourth-order valence-corrected chi connectivity index (χ4v) is 3.78. The third kappa shape index (κ3) is 5.37. The molecule has 1 aliphatic rings. The molecule has 27 heavy (non-hydrogen) atoms. The molecular formula is C22H30N4O. The van der Waals surface area contributed by atoms with E-state index in [1.165, 1.54) is 18.4 Å². The van der Waals surface area contributed by atoms with Crippen LogP contribution in [0.5, 0.6) is 0 Å². The molecule has 1 fully saturated rings. The molecule has 0 saturated carbocycles. The fourth-order valence-electron chi connectivity index (χ4n) is 3.78. The molecule has 1 amide bonds. The van der Waals surface area contributed by atoms with Crippen LogP contribution in [0.1, 0.15) is 28.9 Å². The molecule has 0 spiro atoms. The predicted molar refractivity (Wildman–Crippen MR) is 110 cm³/mol. The number of aromatic nitrogens is 1. The van der Waals surface area contributed by atoms with E-state index < -0.39 is 0 Å². The second-order valence-electron chi connectivity index (χ2n) is 7.82. The average molecular weight is 367 g/mol. The largest absolute Gasteiger partial charge is 0.350 e. The summed E-state index contributed by atoms with van der Waals surface area (Å²) in [5.41, 5.74) is 3.64. The van der Waals surface area contributed by atoms with Crippen LogP contribution in [0.25, 0.3) is 11.1 Å². The average Bonchev–Trinajstić information content (AvgIpc) is 2.66. The van der Waals surface area contributed by atoms with Crippen molar-refractivity contribution < 1.29 is 4.79 Å². The van der Waals surface area contributed by atoms with Crippen LogP contribution in [0.3, 0.4) is 0 Å². The quantitative estimate of drug-likeness (QED) is 0.854. The van der Waals surface area contributed by atoms with Crippen molar-refractivity contribution in [1.29, 1.82) is 0 Å². The number of carbonyl (C=O) groups is 1. The Balaban J connectivity index is 1.74. The molecule has 5 heteroatoms. The van der Waals surface area contributed by atoms with Crippen LogP contribution in [-0.4, -0.2) is 61.5 Å². The predicted octanol–water partition coefficient (Wildman–Crippen LogP) is 2.88. The van der Waals surface area contributed by atoms with Crippen molar-refractivity contribution >= 4 is 5.91 Å². The van der Waals surface area contributed by atoms with Gasteiger partial charge in [-0.15, -0.1) is 0 Å². The van der Waals surface area contributed by atoms with Gasteiger partial charge in [0.2, 0.25) is 0 Å². The molecule has 1 saturated heterocycles. The van der Waals surface area contributed by atoms with Crippen molar-refractivity contribution in [2.45, 2.75) is 19.4 Å². The number of nitrogens with zero attached hydrogens (tertiary/aromatic N) is 3. The lowest BCUT2D eigenvalue weighted by atomic mass is 9.98. The molecule has 1 atom stereocenters. The zero-order valence-electron chi connectivity index (χ0n) is 16.6. The first-order valence-corrected chi connectivity index (χ1v) is 9.68. The summed E-state index contributed by atoms with van der Waals surface area (Å²) in [6.07, 6.45) is 4.06. The first kappa shape index (κ1) is 19.5. The van der Waals surface area contributed by atoms with Crippen molar-refractivity contribution in [2.24, 2.45) is 5.92 Å². The molecule has 144 valence electrons. The molecule has 3 rings (SSSR count). The van der Waals surface area contributed by atoms with Crippen molar-refractivity contribution in [1.82, 2.24) is 20.1 Å². The number of pyridine rings is 1. The summed E-state index contributed by atoms with van der Waals surface area (Å²) in [7, 11) is 6.25. The van der Waals surface area contributed by atoms with E-state index in [0.29, 0.717) is 18.2 Å². The first-order chi connectivity index (χ1) is 13.0. The van der Waals surface area contributed by atoms with Gasteiger partial charge in [0.1, 0.15) is 5.69 Å². The van der Waals surface area contributed by atoms with Gasteiger partial charge in [-0.05, 0) is 69.7 Å². The van der Waals surface area contributed by atoms with Gasteiger partial charge in [0.15, 0.2) is 0 Å². The van der Waals surface area contributed by atoms with Crippen LogP contribution in [-0.2, 0) is 6.54 Å². The summed E-state index contributed by atoms with van der Waals surface area (Å²) in [5.74, 6) is 0.431. The van der Waals surface area contributed by atoms with Gasteiger partial charge in [-0.3, -0.25) is 9.78 Å². The van der Waals surface area contributed by atoms with Gasteiger partial charge in [0.05, 0.1) is 0 Å². The normalized spacial score (nSPS) is 17.9. The maximum Gasteiger partial charge on any atom is 0.270 e. The summed E-state index contributed by atoms with van der Waals surface area (Å²) < 4.78 is 0. The molecule has 2 heterocycles. The first-order valence-electron chi connectivity index (χ1n) is 9.68. The molecule has 0 bridgehead atoms. The Hall–Kier alpha value is -2.24. The zero-order chi connectivity index (χ0) is 19.2. The molecule has 5 nitrogen and oxygen atoms in total. The Bertz CT molecular complexity index is 774. The zero-order valence-corrected chi connectivity index (χ0v) is 16.6. The molecule has 1 N–H and O–H groups in total. The molecule has 0 radical (unpaired) electrons. The molecular weight excluding hydrogens is 336 g/mol. The van der Waals surface area contributed by atoms with Gasteiger partial charge in [-0.2, -0.15) is 0 Å². The Morgan fingerprint density at radius 3 is 2.93 bits per heavy atom. The van der Waals surface area contributed by atoms with E-state index in [-0.39, 0.29) is 5.91 Å². The number of amides is 1. The van der Waals surface area contributed by atoms with E-state index in [2.05, 4.69) is 53.4 Å². The number of carbonyl (C=O) groups excluding carboxylic acids is 1. The van der Waals surface area contributed by atoms with Crippen LogP contribution in [0.4, 0.5) is 0 Å². The van der Waals surface area contributed by atoms with Crippen molar-refractivity contribution in [3.63, 3.8) is 0 Å². The SMILES string of the molecule is CN(C)Cc1cccc(-c2cccnc2C(=O)NCC2CCCN(C)C2)c1. The highest BCUT2D eigenvalue weighted by Crippen LogP contribution is 2.24. The minimum atomic E-state index is -0.0863. The minimum absolute atomic E-state index is 0.0863. The number of rotatable bonds is 6. The molecule has 1 aromatic carbocycles. The standard InChI is InChI=1S/C22H30N4O/c1-25(2)15-17-7-4-9-19(13-17)20-10-5-11-23-21(20)22(27)24-14-18-8-6-12-26(3)16-18/h4-5,7,9-11,13,18H,6,8,12,14-16H2,1-3H3,(H,24,27). The highest BCUT2D eigenvalue weighted by Gasteiger charge is 2.20. The van der Waals surface area contributed by atoms with E-state index in [4.69, 9.17) is 0 Å². The highest BCUT2D eigenvalue weighted by atomic mass is 16.1. The van der Waals surface area contributed by atoms with Crippen LogP contribution in [0, 0.1) is 5.92 Å². The number of benzene rings is 1. The smallest absolute Gasteiger partial charge is 0.270 e. The van der Waals surface area contributed by atoms with Crippen LogP contribution < -0.4 is 5.32 Å². The maximum atomic E-state index is 12.8. The van der Waals surface area contributed by atoms with Gasteiger partial charge in [0, 0.05) is 31.4 Å². The van der Waals surface area contributed by atoms with Crippen molar-refractivity contribution in [2.75, 3.05) is 40.8 Å². The third-order valence-electron chi connectivity index (χ3n) is 5.03. The van der Waals surface area contributed by atoms with Gasteiger partial charge in [-0.1, -0.05) is 24.3 Å². The number of nitrogens with one attached hydrogen (secondary N) is 1. The Kier molecular flexibility index (Phi) is 6.58. The molecule has 1 aromatic heterocycles. The lowest BCUT2D eigenvalue weighted by Gasteiger charge is -2.29. The van der Waals surface area contributed by atoms with E-state index in [1.807, 2.05) is 24.3 Å². The third-order valence-corrected chi connectivity index (χ3v) is 5.03.